The van der Waals surface area contributed by atoms with Crippen LogP contribution in [0.3, 0.4) is 0 Å². The van der Waals surface area contributed by atoms with Crippen molar-refractivity contribution in [1.29, 1.82) is 0 Å². The van der Waals surface area contributed by atoms with Gasteiger partial charge in [0.15, 0.2) is 5.96 Å². The third kappa shape index (κ3) is 6.46. The number of nitrogens with zero attached hydrogens (tertiary/aromatic N) is 4. The minimum atomic E-state index is 0. The number of methoxy groups -OCH3 is 1. The van der Waals surface area contributed by atoms with Crippen LogP contribution in [0.2, 0.25) is 0 Å². The summed E-state index contributed by atoms with van der Waals surface area (Å²) < 4.78 is 11.1. The van der Waals surface area contributed by atoms with Gasteiger partial charge in [-0.25, -0.2) is 4.98 Å². The molecule has 0 bridgehead atoms. The van der Waals surface area contributed by atoms with E-state index < -0.39 is 0 Å². The van der Waals surface area contributed by atoms with Crippen molar-refractivity contribution >= 4 is 35.8 Å². The monoisotopic (exact) mass is 525 g/mol. The first kappa shape index (κ1) is 24.2. The van der Waals surface area contributed by atoms with Gasteiger partial charge in [0.1, 0.15) is 11.6 Å². The number of para-hydroxylation sites is 1. The fourth-order valence-corrected chi connectivity index (χ4v) is 3.46. The highest BCUT2D eigenvalue weighted by molar-refractivity contribution is 14.0. The van der Waals surface area contributed by atoms with E-state index >= 15 is 0 Å². The SMILES string of the molecule is CN=C(NCc1ccc(N2CCOC(C)C2)nc1)N(C)Cc1ccccc1OC.I. The van der Waals surface area contributed by atoms with Crippen LogP contribution in [0.5, 0.6) is 5.75 Å². The zero-order valence-corrected chi connectivity index (χ0v) is 20.5. The van der Waals surface area contributed by atoms with Gasteiger partial charge < -0.3 is 24.6 Å². The number of benzene rings is 1. The highest BCUT2D eigenvalue weighted by atomic mass is 127. The molecule has 30 heavy (non-hydrogen) atoms. The van der Waals surface area contributed by atoms with Crippen LogP contribution in [-0.2, 0) is 17.8 Å². The molecule has 1 aromatic carbocycles. The normalized spacial score (nSPS) is 16.6. The number of halogens is 1. The first-order valence-corrected chi connectivity index (χ1v) is 9.96. The molecule has 8 heteroatoms. The smallest absolute Gasteiger partial charge is 0.193 e. The molecule has 7 nitrogen and oxygen atoms in total. The first-order valence-electron chi connectivity index (χ1n) is 9.96. The molecule has 1 unspecified atom stereocenters. The third-order valence-electron chi connectivity index (χ3n) is 5.00. The standard InChI is InChI=1S/C22H31N5O2.HI/c1-17-15-27(11-12-29-17)21-10-9-18(13-24-21)14-25-22(23-2)26(3)16-19-7-5-6-8-20(19)28-4;/h5-10,13,17H,11-12,14-16H2,1-4H3,(H,23,25);1H. The van der Waals surface area contributed by atoms with Crippen LogP contribution in [0.1, 0.15) is 18.1 Å². The summed E-state index contributed by atoms with van der Waals surface area (Å²) in [5.74, 6) is 2.70. The Kier molecular flexibility index (Phi) is 9.64. The number of pyridine rings is 1. The van der Waals surface area contributed by atoms with E-state index in [9.17, 15) is 0 Å². The van der Waals surface area contributed by atoms with Crippen LogP contribution < -0.4 is 15.0 Å². The number of rotatable bonds is 6. The van der Waals surface area contributed by atoms with E-state index in [1.807, 2.05) is 31.4 Å². The number of nitrogens with one attached hydrogen (secondary N) is 1. The average Bonchev–Trinajstić information content (AvgIpc) is 2.75. The molecule has 164 valence electrons. The van der Waals surface area contributed by atoms with E-state index in [-0.39, 0.29) is 30.1 Å². The average molecular weight is 525 g/mol. The zero-order chi connectivity index (χ0) is 20.6. The quantitative estimate of drug-likeness (QED) is 0.356. The van der Waals surface area contributed by atoms with Crippen LogP contribution in [0.15, 0.2) is 47.6 Å². The molecule has 1 aliphatic rings. The maximum atomic E-state index is 5.60. The number of ether oxygens (including phenoxy) is 2. The summed E-state index contributed by atoms with van der Waals surface area (Å²) in [4.78, 5) is 13.4. The Morgan fingerprint density at radius 1 is 1.33 bits per heavy atom. The number of hydrogen-bond donors (Lipinski definition) is 1. The topological polar surface area (TPSA) is 62.2 Å². The second kappa shape index (κ2) is 11.9. The van der Waals surface area contributed by atoms with Crippen molar-refractivity contribution in [3.63, 3.8) is 0 Å². The summed E-state index contributed by atoms with van der Waals surface area (Å²) in [6.45, 7) is 5.98. The lowest BCUT2D eigenvalue weighted by Gasteiger charge is -2.32. The van der Waals surface area contributed by atoms with E-state index in [0.29, 0.717) is 13.1 Å². The Balaban J connectivity index is 0.00000320. The number of hydrogen-bond acceptors (Lipinski definition) is 5. The van der Waals surface area contributed by atoms with Crippen LogP contribution in [-0.4, -0.2) is 62.8 Å². The summed E-state index contributed by atoms with van der Waals surface area (Å²) in [5.41, 5.74) is 2.23. The van der Waals surface area contributed by atoms with E-state index in [0.717, 1.165) is 48.4 Å². The zero-order valence-electron chi connectivity index (χ0n) is 18.2. The number of aromatic nitrogens is 1. The van der Waals surface area contributed by atoms with Gasteiger partial charge in [0.05, 0.1) is 19.8 Å². The Labute approximate surface area is 196 Å². The predicted octanol–water partition coefficient (Wildman–Crippen LogP) is 3.14. The van der Waals surface area contributed by atoms with Gasteiger partial charge in [-0.05, 0) is 24.6 Å². The van der Waals surface area contributed by atoms with Gasteiger partial charge in [-0.2, -0.15) is 0 Å². The maximum absolute atomic E-state index is 5.60. The minimum absolute atomic E-state index is 0. The number of morpholine rings is 1. The van der Waals surface area contributed by atoms with Crippen LogP contribution in [0.4, 0.5) is 5.82 Å². The molecule has 1 N–H and O–H groups in total. The van der Waals surface area contributed by atoms with E-state index in [4.69, 9.17) is 9.47 Å². The Morgan fingerprint density at radius 3 is 2.80 bits per heavy atom. The van der Waals surface area contributed by atoms with Gasteiger partial charge in [-0.15, -0.1) is 24.0 Å². The van der Waals surface area contributed by atoms with Crippen molar-refractivity contribution in [3.05, 3.63) is 53.7 Å². The molecule has 1 atom stereocenters. The summed E-state index contributed by atoms with van der Waals surface area (Å²) in [7, 11) is 5.50. The second-order valence-corrected chi connectivity index (χ2v) is 7.22. The van der Waals surface area contributed by atoms with Crippen molar-refractivity contribution in [3.8, 4) is 5.75 Å². The molecular formula is C22H32IN5O2. The molecule has 1 fully saturated rings. The van der Waals surface area contributed by atoms with Gasteiger partial charge in [-0.1, -0.05) is 24.3 Å². The van der Waals surface area contributed by atoms with Crippen molar-refractivity contribution in [2.24, 2.45) is 4.99 Å². The van der Waals surface area contributed by atoms with E-state index in [1.54, 1.807) is 14.2 Å². The van der Waals surface area contributed by atoms with Crippen LogP contribution >= 0.6 is 24.0 Å². The molecular weight excluding hydrogens is 493 g/mol. The predicted molar refractivity (Wildman–Crippen MR) is 132 cm³/mol. The van der Waals surface area contributed by atoms with Gasteiger partial charge in [0, 0.05) is 52.0 Å². The van der Waals surface area contributed by atoms with Gasteiger partial charge in [0.25, 0.3) is 0 Å². The lowest BCUT2D eigenvalue weighted by Crippen LogP contribution is -2.41. The molecule has 2 heterocycles. The fourth-order valence-electron chi connectivity index (χ4n) is 3.46. The van der Waals surface area contributed by atoms with E-state index in [1.165, 1.54) is 0 Å². The summed E-state index contributed by atoms with van der Waals surface area (Å²) >= 11 is 0. The molecule has 0 aliphatic carbocycles. The number of guanidine groups is 1. The number of anilines is 1. The minimum Gasteiger partial charge on any atom is -0.496 e. The fraction of sp³-hybridized carbons (Fsp3) is 0.455. The van der Waals surface area contributed by atoms with Gasteiger partial charge in [0.2, 0.25) is 0 Å². The maximum Gasteiger partial charge on any atom is 0.193 e. The lowest BCUT2D eigenvalue weighted by molar-refractivity contribution is 0.0529. The van der Waals surface area contributed by atoms with E-state index in [2.05, 4.69) is 50.2 Å². The molecule has 0 amide bonds. The second-order valence-electron chi connectivity index (χ2n) is 7.22. The summed E-state index contributed by atoms with van der Waals surface area (Å²) in [6.07, 6.45) is 2.17. The van der Waals surface area contributed by atoms with Gasteiger partial charge >= 0.3 is 0 Å². The van der Waals surface area contributed by atoms with Gasteiger partial charge in [-0.3, -0.25) is 4.99 Å². The molecule has 2 aromatic rings. The van der Waals surface area contributed by atoms with Crippen molar-refractivity contribution in [2.75, 3.05) is 45.8 Å². The molecule has 0 radical (unpaired) electrons. The van der Waals surface area contributed by atoms with Crippen LogP contribution in [0.25, 0.3) is 0 Å². The molecule has 1 saturated heterocycles. The molecule has 1 aliphatic heterocycles. The molecule has 0 spiro atoms. The van der Waals surface area contributed by atoms with Crippen molar-refractivity contribution < 1.29 is 9.47 Å². The summed E-state index contributed by atoms with van der Waals surface area (Å²) in [6, 6.07) is 12.2. The Bertz CT molecular complexity index is 815. The molecule has 3 rings (SSSR count). The number of aliphatic imine (C=N–C) groups is 1. The third-order valence-corrected chi connectivity index (χ3v) is 5.00. The van der Waals surface area contributed by atoms with Crippen molar-refractivity contribution in [1.82, 2.24) is 15.2 Å². The Morgan fingerprint density at radius 2 is 2.13 bits per heavy atom. The Hall–Kier alpha value is -2.07. The summed E-state index contributed by atoms with van der Waals surface area (Å²) in [5, 5.41) is 3.41. The highest BCUT2D eigenvalue weighted by Gasteiger charge is 2.17. The van der Waals surface area contributed by atoms with Crippen molar-refractivity contribution in [2.45, 2.75) is 26.1 Å². The largest absolute Gasteiger partial charge is 0.496 e. The van der Waals surface area contributed by atoms with Crippen LogP contribution in [0, 0.1) is 0 Å². The first-order chi connectivity index (χ1) is 14.1. The highest BCUT2D eigenvalue weighted by Crippen LogP contribution is 2.19. The molecule has 1 aromatic heterocycles. The lowest BCUT2D eigenvalue weighted by atomic mass is 10.2. The molecule has 0 saturated carbocycles.